The Kier molecular flexibility index (Phi) is 4.98. The number of unbranched alkanes of at least 4 members (excludes halogenated alkanes) is 3. The van der Waals surface area contributed by atoms with Crippen molar-refractivity contribution in [3.63, 3.8) is 0 Å². The van der Waals surface area contributed by atoms with Crippen LogP contribution in [0, 0.1) is 5.92 Å². The minimum atomic E-state index is 0.183. The van der Waals surface area contributed by atoms with Crippen LogP contribution < -0.4 is 0 Å². The van der Waals surface area contributed by atoms with Gasteiger partial charge in [0.05, 0.1) is 0 Å². The molecule has 1 nitrogen and oxygen atoms in total. The van der Waals surface area contributed by atoms with Gasteiger partial charge < -0.3 is 0 Å². The molecule has 1 aromatic rings. The van der Waals surface area contributed by atoms with Gasteiger partial charge in [-0.05, 0) is 24.3 Å². The molecule has 1 heteroatoms. The highest BCUT2D eigenvalue weighted by Crippen LogP contribution is 2.37. The molecule has 0 aliphatic heterocycles. The van der Waals surface area contributed by atoms with E-state index in [1.807, 2.05) is 18.2 Å². The Labute approximate surface area is 111 Å². The second-order valence-corrected chi connectivity index (χ2v) is 5.58. The molecule has 1 aliphatic rings. The first-order valence-corrected chi connectivity index (χ1v) is 7.39. The van der Waals surface area contributed by atoms with E-state index in [0.717, 1.165) is 12.8 Å². The van der Waals surface area contributed by atoms with Crippen molar-refractivity contribution >= 4 is 5.78 Å². The van der Waals surface area contributed by atoms with Crippen molar-refractivity contribution in [3.05, 3.63) is 35.9 Å². The van der Waals surface area contributed by atoms with E-state index < -0.39 is 0 Å². The summed E-state index contributed by atoms with van der Waals surface area (Å²) in [4.78, 5) is 12.1. The summed E-state index contributed by atoms with van der Waals surface area (Å²) in [5, 5.41) is 0. The molecule has 0 heterocycles. The Morgan fingerprint density at radius 3 is 2.61 bits per heavy atom. The highest BCUT2D eigenvalue weighted by Gasteiger charge is 2.32. The van der Waals surface area contributed by atoms with Crippen LogP contribution in [-0.4, -0.2) is 5.78 Å². The van der Waals surface area contributed by atoms with Gasteiger partial charge in [-0.15, -0.1) is 0 Å². The maximum Gasteiger partial charge on any atom is 0.140 e. The summed E-state index contributed by atoms with van der Waals surface area (Å²) in [5.74, 6) is 1.28. The Morgan fingerprint density at radius 2 is 1.89 bits per heavy atom. The van der Waals surface area contributed by atoms with Crippen molar-refractivity contribution in [2.24, 2.45) is 5.92 Å². The average molecular weight is 244 g/mol. The van der Waals surface area contributed by atoms with E-state index in [1.54, 1.807) is 0 Å². The van der Waals surface area contributed by atoms with Gasteiger partial charge in [0.15, 0.2) is 0 Å². The number of hydrogen-bond acceptors (Lipinski definition) is 1. The average Bonchev–Trinajstić information content (AvgIpc) is 2.77. The maximum absolute atomic E-state index is 12.1. The molecule has 0 amide bonds. The van der Waals surface area contributed by atoms with Gasteiger partial charge in [-0.2, -0.15) is 0 Å². The first-order chi connectivity index (χ1) is 8.81. The summed E-state index contributed by atoms with van der Waals surface area (Å²) >= 11 is 0. The summed E-state index contributed by atoms with van der Waals surface area (Å²) in [5.41, 5.74) is 1.22. The largest absolute Gasteiger partial charge is 0.299 e. The van der Waals surface area contributed by atoms with E-state index in [9.17, 15) is 4.79 Å². The molecule has 0 unspecified atom stereocenters. The van der Waals surface area contributed by atoms with Gasteiger partial charge in [0.2, 0.25) is 0 Å². The van der Waals surface area contributed by atoms with Crippen LogP contribution in [0.3, 0.4) is 0 Å². The lowest BCUT2D eigenvalue weighted by Crippen LogP contribution is -2.03. The van der Waals surface area contributed by atoms with Crippen molar-refractivity contribution < 1.29 is 4.79 Å². The van der Waals surface area contributed by atoms with Gasteiger partial charge in [-0.25, -0.2) is 0 Å². The van der Waals surface area contributed by atoms with Gasteiger partial charge in [-0.3, -0.25) is 4.79 Å². The number of ketones is 1. The van der Waals surface area contributed by atoms with Crippen LogP contribution in [0.5, 0.6) is 0 Å². The smallest absolute Gasteiger partial charge is 0.140 e. The second-order valence-electron chi connectivity index (χ2n) is 5.58. The van der Waals surface area contributed by atoms with Crippen LogP contribution in [0.25, 0.3) is 0 Å². The number of hydrogen-bond donors (Lipinski definition) is 0. The Balaban J connectivity index is 1.84. The first kappa shape index (κ1) is 13.3. The van der Waals surface area contributed by atoms with Gasteiger partial charge in [0.25, 0.3) is 0 Å². The molecule has 0 bridgehead atoms. The zero-order valence-electron chi connectivity index (χ0n) is 11.4. The van der Waals surface area contributed by atoms with Gasteiger partial charge in [-0.1, -0.05) is 62.9 Å². The number of benzene rings is 1. The summed E-state index contributed by atoms with van der Waals surface area (Å²) in [6.45, 7) is 2.24. The molecule has 1 aromatic carbocycles. The fourth-order valence-corrected chi connectivity index (χ4v) is 3.06. The quantitative estimate of drug-likeness (QED) is 0.662. The Morgan fingerprint density at radius 1 is 1.11 bits per heavy atom. The van der Waals surface area contributed by atoms with Crippen LogP contribution in [0.2, 0.25) is 0 Å². The molecule has 0 N–H and O–H groups in total. The third-order valence-corrected chi connectivity index (χ3v) is 4.12. The predicted molar refractivity (Wildman–Crippen MR) is 75.7 cm³/mol. The van der Waals surface area contributed by atoms with E-state index >= 15 is 0 Å². The molecule has 0 saturated heterocycles. The van der Waals surface area contributed by atoms with Gasteiger partial charge in [0.1, 0.15) is 5.78 Å². The fraction of sp³-hybridized carbons (Fsp3) is 0.588. The van der Waals surface area contributed by atoms with Crippen LogP contribution in [0.4, 0.5) is 0 Å². The van der Waals surface area contributed by atoms with Gasteiger partial charge in [0, 0.05) is 12.3 Å². The Hall–Kier alpha value is -1.11. The monoisotopic (exact) mass is 244 g/mol. The highest BCUT2D eigenvalue weighted by atomic mass is 16.1. The molecule has 18 heavy (non-hydrogen) atoms. The molecule has 2 atom stereocenters. The van der Waals surface area contributed by atoms with E-state index in [1.165, 1.54) is 37.7 Å². The van der Waals surface area contributed by atoms with E-state index in [-0.39, 0.29) is 5.92 Å². The van der Waals surface area contributed by atoms with E-state index in [2.05, 4.69) is 19.1 Å². The van der Waals surface area contributed by atoms with E-state index in [4.69, 9.17) is 0 Å². The summed E-state index contributed by atoms with van der Waals surface area (Å²) in [6.07, 6.45) is 8.39. The molecule has 0 spiro atoms. The number of rotatable bonds is 6. The van der Waals surface area contributed by atoms with Crippen LogP contribution in [0.1, 0.15) is 63.4 Å². The van der Waals surface area contributed by atoms with Crippen LogP contribution in [-0.2, 0) is 4.79 Å². The summed E-state index contributed by atoms with van der Waals surface area (Å²) < 4.78 is 0. The molecule has 2 rings (SSSR count). The standard InChI is InChI=1S/C17H24O/c1-2-3-4-6-9-14-12-16(17(18)13-14)15-10-7-5-8-11-15/h5,7-8,10-11,14,16H,2-4,6,9,12-13H2,1H3/t14-,16+/m0/s1. The predicted octanol–water partition coefficient (Wildman–Crippen LogP) is 4.72. The van der Waals surface area contributed by atoms with Gasteiger partial charge >= 0.3 is 0 Å². The zero-order valence-corrected chi connectivity index (χ0v) is 11.4. The zero-order chi connectivity index (χ0) is 12.8. The van der Waals surface area contributed by atoms with E-state index in [0.29, 0.717) is 11.7 Å². The van der Waals surface area contributed by atoms with Crippen molar-refractivity contribution in [1.82, 2.24) is 0 Å². The van der Waals surface area contributed by atoms with Crippen molar-refractivity contribution in [2.45, 2.75) is 57.8 Å². The van der Waals surface area contributed by atoms with Crippen LogP contribution >= 0.6 is 0 Å². The lowest BCUT2D eigenvalue weighted by molar-refractivity contribution is -0.118. The number of carbonyl (C=O) groups is 1. The number of carbonyl (C=O) groups excluding carboxylic acids is 1. The summed E-state index contributed by atoms with van der Waals surface area (Å²) in [6, 6.07) is 10.3. The van der Waals surface area contributed by atoms with Crippen molar-refractivity contribution in [2.75, 3.05) is 0 Å². The lowest BCUT2D eigenvalue weighted by atomic mass is 9.94. The minimum Gasteiger partial charge on any atom is -0.299 e. The molecule has 0 radical (unpaired) electrons. The fourth-order valence-electron chi connectivity index (χ4n) is 3.06. The minimum absolute atomic E-state index is 0.183. The molecule has 1 saturated carbocycles. The third kappa shape index (κ3) is 3.44. The highest BCUT2D eigenvalue weighted by molar-refractivity contribution is 5.88. The topological polar surface area (TPSA) is 17.1 Å². The lowest BCUT2D eigenvalue weighted by Gasteiger charge is -2.10. The van der Waals surface area contributed by atoms with Crippen molar-refractivity contribution in [3.8, 4) is 0 Å². The number of Topliss-reactive ketones (excluding diaryl/α,β-unsaturated/α-hetero) is 1. The Bertz CT molecular complexity index is 368. The normalized spacial score (nSPS) is 23.5. The molecule has 0 aromatic heterocycles. The summed E-state index contributed by atoms with van der Waals surface area (Å²) in [7, 11) is 0. The molecule has 1 aliphatic carbocycles. The van der Waals surface area contributed by atoms with Crippen LogP contribution in [0.15, 0.2) is 30.3 Å². The first-order valence-electron chi connectivity index (χ1n) is 7.39. The second kappa shape index (κ2) is 6.72. The van der Waals surface area contributed by atoms with Crippen molar-refractivity contribution in [1.29, 1.82) is 0 Å². The molecular weight excluding hydrogens is 220 g/mol. The molecular formula is C17H24O. The molecule has 98 valence electrons. The molecule has 1 fully saturated rings. The SMILES string of the molecule is CCCCCC[C@@H]1CC(=O)[C@@H](c2ccccc2)C1. The maximum atomic E-state index is 12.1. The third-order valence-electron chi connectivity index (χ3n) is 4.12.